The second kappa shape index (κ2) is 6.18. The number of rotatable bonds is 4. The largest absolute Gasteiger partial charge is 0.349 e. The first-order chi connectivity index (χ1) is 13.1. The first kappa shape index (κ1) is 16.5. The van der Waals surface area contributed by atoms with Crippen molar-refractivity contribution in [2.24, 2.45) is 23.7 Å². The highest BCUT2D eigenvalue weighted by Gasteiger charge is 2.54. The van der Waals surface area contributed by atoms with E-state index in [1.54, 1.807) is 29.1 Å². The summed E-state index contributed by atoms with van der Waals surface area (Å²) in [5.41, 5.74) is 0.656. The summed E-state index contributed by atoms with van der Waals surface area (Å²) in [6.45, 7) is 0. The van der Waals surface area contributed by atoms with Crippen LogP contribution in [0.5, 0.6) is 0 Å². The molecule has 0 unspecified atom stereocenters. The van der Waals surface area contributed by atoms with E-state index < -0.39 is 4.92 Å². The minimum absolute atomic E-state index is 0.0931. The van der Waals surface area contributed by atoms with E-state index in [9.17, 15) is 14.9 Å². The fraction of sp³-hybridized carbons (Fsp3) is 0.500. The van der Waals surface area contributed by atoms with Crippen molar-refractivity contribution in [2.75, 3.05) is 0 Å². The maximum Gasteiger partial charge on any atom is 0.294 e. The molecule has 3 aliphatic carbocycles. The van der Waals surface area contributed by atoms with Gasteiger partial charge >= 0.3 is 0 Å². The molecule has 0 aliphatic heterocycles. The molecule has 2 bridgehead atoms. The van der Waals surface area contributed by atoms with Gasteiger partial charge in [-0.3, -0.25) is 14.9 Å². The van der Waals surface area contributed by atoms with E-state index >= 15 is 0 Å². The van der Waals surface area contributed by atoms with Gasteiger partial charge in [0, 0.05) is 30.1 Å². The first-order valence-electron chi connectivity index (χ1n) is 9.69. The van der Waals surface area contributed by atoms with Crippen LogP contribution in [-0.2, 0) is 0 Å². The van der Waals surface area contributed by atoms with E-state index in [-0.39, 0.29) is 17.6 Å². The molecule has 7 nitrogen and oxygen atoms in total. The molecule has 140 valence electrons. The molecule has 1 heterocycles. The lowest BCUT2D eigenvalue weighted by Crippen LogP contribution is -2.42. The van der Waals surface area contributed by atoms with Gasteiger partial charge in [-0.15, -0.1) is 0 Å². The van der Waals surface area contributed by atoms with E-state index in [1.165, 1.54) is 38.1 Å². The standard InChI is InChI=1S/C20H22N4O3/c25-20(22-17-9-13-8-16(17)15-3-1-2-14(13)15)12-4-5-18(19(10-12)24(26)27)23-7-6-21-11-23/h4-7,10-11,13-17H,1-3,8-9H2,(H,22,25)/t13-,14+,15-,16+,17-/m1/s1. The van der Waals surface area contributed by atoms with E-state index in [4.69, 9.17) is 0 Å². The molecule has 0 saturated heterocycles. The number of aromatic nitrogens is 2. The molecule has 0 spiro atoms. The van der Waals surface area contributed by atoms with Gasteiger partial charge in [-0.2, -0.15) is 0 Å². The molecular weight excluding hydrogens is 344 g/mol. The normalized spacial score (nSPS) is 31.0. The Hall–Kier alpha value is -2.70. The Morgan fingerprint density at radius 3 is 2.85 bits per heavy atom. The van der Waals surface area contributed by atoms with Gasteiger partial charge < -0.3 is 9.88 Å². The van der Waals surface area contributed by atoms with E-state index in [1.807, 2.05) is 0 Å². The molecule has 2 aromatic rings. The molecule has 3 saturated carbocycles. The third-order valence-electron chi connectivity index (χ3n) is 6.96. The van der Waals surface area contributed by atoms with Crippen LogP contribution in [0.2, 0.25) is 0 Å². The van der Waals surface area contributed by atoms with Crippen LogP contribution in [-0.4, -0.2) is 26.4 Å². The molecule has 3 fully saturated rings. The summed E-state index contributed by atoms with van der Waals surface area (Å²) in [6, 6.07) is 4.86. The van der Waals surface area contributed by atoms with Crippen molar-refractivity contribution in [2.45, 2.75) is 38.1 Å². The Kier molecular flexibility index (Phi) is 3.77. The van der Waals surface area contributed by atoms with E-state index in [2.05, 4.69) is 10.3 Å². The summed E-state index contributed by atoms with van der Waals surface area (Å²) >= 11 is 0. The van der Waals surface area contributed by atoms with Crippen molar-refractivity contribution in [1.82, 2.24) is 14.9 Å². The van der Waals surface area contributed by atoms with Gasteiger partial charge in [-0.25, -0.2) is 4.98 Å². The Labute approximate surface area is 156 Å². The highest BCUT2D eigenvalue weighted by atomic mass is 16.6. The molecule has 1 amide bonds. The molecule has 5 rings (SSSR count). The van der Waals surface area contributed by atoms with Crippen LogP contribution in [0.15, 0.2) is 36.9 Å². The zero-order chi connectivity index (χ0) is 18.5. The first-order valence-corrected chi connectivity index (χ1v) is 9.69. The van der Waals surface area contributed by atoms with Crippen LogP contribution >= 0.6 is 0 Å². The van der Waals surface area contributed by atoms with Gasteiger partial charge in [0.25, 0.3) is 11.6 Å². The zero-order valence-electron chi connectivity index (χ0n) is 15.0. The Morgan fingerprint density at radius 1 is 1.22 bits per heavy atom. The second-order valence-corrected chi connectivity index (χ2v) is 8.16. The summed E-state index contributed by atoms with van der Waals surface area (Å²) < 4.78 is 1.58. The number of hydrogen-bond donors (Lipinski definition) is 1. The van der Waals surface area contributed by atoms with Crippen molar-refractivity contribution < 1.29 is 9.72 Å². The van der Waals surface area contributed by atoms with Crippen molar-refractivity contribution in [1.29, 1.82) is 0 Å². The number of amides is 1. The summed E-state index contributed by atoms with van der Waals surface area (Å²) in [6.07, 6.45) is 11.0. The van der Waals surface area contributed by atoms with E-state index in [0.29, 0.717) is 17.2 Å². The second-order valence-electron chi connectivity index (χ2n) is 8.16. The number of nitro groups is 1. The summed E-state index contributed by atoms with van der Waals surface area (Å²) in [5, 5.41) is 14.7. The summed E-state index contributed by atoms with van der Waals surface area (Å²) in [4.78, 5) is 27.8. The number of nitrogens with zero attached hydrogens (tertiary/aromatic N) is 3. The number of imidazole rings is 1. The molecule has 3 aliphatic rings. The molecular formula is C20H22N4O3. The van der Waals surface area contributed by atoms with Gasteiger partial charge in [0.1, 0.15) is 5.69 Å². The average molecular weight is 366 g/mol. The number of fused-ring (bicyclic) bond motifs is 5. The molecule has 7 heteroatoms. The third-order valence-corrected chi connectivity index (χ3v) is 6.96. The Bertz CT molecular complexity index is 895. The van der Waals surface area contributed by atoms with Crippen LogP contribution in [0.4, 0.5) is 5.69 Å². The van der Waals surface area contributed by atoms with Crippen molar-refractivity contribution in [3.63, 3.8) is 0 Å². The van der Waals surface area contributed by atoms with Gasteiger partial charge in [-0.05, 0) is 61.5 Å². The molecule has 1 aromatic carbocycles. The molecule has 1 N–H and O–H groups in total. The number of nitrogens with one attached hydrogen (secondary N) is 1. The van der Waals surface area contributed by atoms with Crippen LogP contribution < -0.4 is 5.32 Å². The SMILES string of the molecule is O=C(N[C@@H]1C[C@H]2C[C@H]1[C@@H]1CCC[C@@H]21)c1ccc(-n2ccnc2)c([N+](=O)[O-])c1. The van der Waals surface area contributed by atoms with Gasteiger partial charge in [0.05, 0.1) is 11.3 Å². The lowest BCUT2D eigenvalue weighted by Gasteiger charge is -2.32. The Balaban J connectivity index is 1.36. The fourth-order valence-electron chi connectivity index (χ4n) is 5.92. The van der Waals surface area contributed by atoms with Crippen molar-refractivity contribution >= 4 is 11.6 Å². The molecule has 1 aromatic heterocycles. The van der Waals surface area contributed by atoms with Gasteiger partial charge in [0.15, 0.2) is 0 Å². The number of carbonyl (C=O) groups excluding carboxylic acids is 1. The van der Waals surface area contributed by atoms with Gasteiger partial charge in [0.2, 0.25) is 0 Å². The number of carbonyl (C=O) groups is 1. The number of hydrogen-bond acceptors (Lipinski definition) is 4. The van der Waals surface area contributed by atoms with Crippen LogP contribution in [0, 0.1) is 33.8 Å². The summed E-state index contributed by atoms with van der Waals surface area (Å²) in [7, 11) is 0. The maximum atomic E-state index is 12.8. The monoisotopic (exact) mass is 366 g/mol. The third kappa shape index (κ3) is 2.64. The van der Waals surface area contributed by atoms with Crippen LogP contribution in [0.1, 0.15) is 42.5 Å². The molecule has 27 heavy (non-hydrogen) atoms. The number of benzene rings is 1. The predicted molar refractivity (Wildman–Crippen MR) is 98.5 cm³/mol. The highest BCUT2D eigenvalue weighted by molar-refractivity contribution is 5.95. The van der Waals surface area contributed by atoms with Crippen LogP contribution in [0.3, 0.4) is 0 Å². The lowest BCUT2D eigenvalue weighted by atomic mass is 9.79. The smallest absolute Gasteiger partial charge is 0.294 e. The zero-order valence-corrected chi connectivity index (χ0v) is 15.0. The Morgan fingerprint density at radius 2 is 2.07 bits per heavy atom. The van der Waals surface area contributed by atoms with Crippen LogP contribution in [0.25, 0.3) is 5.69 Å². The average Bonchev–Trinajstić information content (AvgIpc) is 3.42. The maximum absolute atomic E-state index is 12.8. The lowest BCUT2D eigenvalue weighted by molar-refractivity contribution is -0.384. The highest BCUT2D eigenvalue weighted by Crippen LogP contribution is 2.58. The quantitative estimate of drug-likeness (QED) is 0.664. The van der Waals surface area contributed by atoms with Crippen molar-refractivity contribution in [3.8, 4) is 5.69 Å². The summed E-state index contributed by atoms with van der Waals surface area (Å²) in [5.74, 6) is 2.78. The van der Waals surface area contributed by atoms with E-state index in [0.717, 1.165) is 24.2 Å². The van der Waals surface area contributed by atoms with Gasteiger partial charge in [-0.1, -0.05) is 6.42 Å². The molecule has 0 radical (unpaired) electrons. The minimum Gasteiger partial charge on any atom is -0.349 e. The fourth-order valence-corrected chi connectivity index (χ4v) is 5.92. The number of nitro benzene ring substituents is 1. The topological polar surface area (TPSA) is 90.1 Å². The molecule has 5 atom stereocenters. The predicted octanol–water partition coefficient (Wildman–Crippen LogP) is 3.34. The minimum atomic E-state index is -0.452. The van der Waals surface area contributed by atoms with Crippen molar-refractivity contribution in [3.05, 3.63) is 52.6 Å².